The van der Waals surface area contributed by atoms with Crippen LogP contribution in [0.3, 0.4) is 0 Å². The zero-order valence-electron chi connectivity index (χ0n) is 19.0. The lowest BCUT2D eigenvalue weighted by Crippen LogP contribution is -2.48. The lowest BCUT2D eigenvalue weighted by molar-refractivity contribution is -0.125. The van der Waals surface area contributed by atoms with Crippen LogP contribution in [0.5, 0.6) is 0 Å². The Morgan fingerprint density at radius 3 is 2.44 bits per heavy atom. The molecule has 8 nitrogen and oxygen atoms in total. The second-order valence-electron chi connectivity index (χ2n) is 9.31. The first-order valence-electron chi connectivity index (χ1n) is 11.5. The van der Waals surface area contributed by atoms with E-state index in [1.807, 2.05) is 18.7 Å². The fourth-order valence-corrected chi connectivity index (χ4v) is 5.16. The van der Waals surface area contributed by atoms with Crippen molar-refractivity contribution in [2.75, 3.05) is 13.1 Å². The van der Waals surface area contributed by atoms with Crippen LogP contribution in [0.4, 0.5) is 9.18 Å². The molecule has 0 bridgehead atoms. The molecule has 2 aliphatic heterocycles. The molecule has 5 rings (SSSR count). The highest BCUT2D eigenvalue weighted by molar-refractivity contribution is 6.07. The van der Waals surface area contributed by atoms with Crippen molar-refractivity contribution < 1.29 is 18.8 Å². The molecular weight excluding hydrogens is 437 g/mol. The molecule has 2 aromatic carbocycles. The smallest absolute Gasteiger partial charge is 0.322 e. The van der Waals surface area contributed by atoms with E-state index in [1.165, 1.54) is 12.1 Å². The summed E-state index contributed by atoms with van der Waals surface area (Å²) in [5, 5.41) is 13.3. The summed E-state index contributed by atoms with van der Waals surface area (Å²) >= 11 is 0. The summed E-state index contributed by atoms with van der Waals surface area (Å²) in [7, 11) is 0. The molecule has 1 unspecified atom stereocenters. The van der Waals surface area contributed by atoms with Gasteiger partial charge in [0.2, 0.25) is 0 Å². The van der Waals surface area contributed by atoms with Crippen molar-refractivity contribution in [2.24, 2.45) is 5.92 Å². The fourth-order valence-electron chi connectivity index (χ4n) is 5.16. The molecule has 2 saturated heterocycles. The molecule has 2 fully saturated rings. The number of H-pyrrole nitrogens is 1. The van der Waals surface area contributed by atoms with E-state index < -0.39 is 11.6 Å². The summed E-state index contributed by atoms with van der Waals surface area (Å²) in [4.78, 5) is 39.3. The van der Waals surface area contributed by atoms with Crippen LogP contribution >= 0.6 is 0 Å². The minimum Gasteiger partial charge on any atom is -0.339 e. The van der Waals surface area contributed by atoms with Gasteiger partial charge in [0, 0.05) is 41.7 Å². The maximum Gasteiger partial charge on any atom is 0.322 e. The summed E-state index contributed by atoms with van der Waals surface area (Å²) in [6.07, 6.45) is 1.56. The minimum atomic E-state index is -1.15. The maximum absolute atomic E-state index is 13.5. The molecule has 3 aromatic rings. The van der Waals surface area contributed by atoms with Crippen LogP contribution in [0.1, 0.15) is 54.2 Å². The van der Waals surface area contributed by atoms with Gasteiger partial charge in [-0.05, 0) is 48.6 Å². The van der Waals surface area contributed by atoms with Crippen LogP contribution < -0.4 is 10.6 Å². The Balaban J connectivity index is 1.28. The molecule has 34 heavy (non-hydrogen) atoms. The van der Waals surface area contributed by atoms with Crippen molar-refractivity contribution in [3.05, 3.63) is 65.1 Å². The van der Waals surface area contributed by atoms with E-state index in [4.69, 9.17) is 0 Å². The molecule has 3 N–H and O–H groups in total. The lowest BCUT2D eigenvalue weighted by Gasteiger charge is -2.32. The average molecular weight is 464 g/mol. The molecule has 0 spiro atoms. The molecule has 3 heterocycles. The van der Waals surface area contributed by atoms with Crippen molar-refractivity contribution in [1.29, 1.82) is 0 Å². The normalized spacial score (nSPS) is 21.2. The number of urea groups is 1. The molecule has 0 saturated carbocycles. The number of likely N-dealkylation sites (tertiary alicyclic amines) is 1. The molecular formula is C25H26FN5O3. The summed E-state index contributed by atoms with van der Waals surface area (Å²) in [5.74, 6) is -0.720. The highest BCUT2D eigenvalue weighted by Gasteiger charge is 2.50. The van der Waals surface area contributed by atoms with Gasteiger partial charge in [-0.2, -0.15) is 5.10 Å². The number of carbonyl (C=O) groups is 3. The first-order valence-corrected chi connectivity index (χ1v) is 11.5. The minimum absolute atomic E-state index is 0.0694. The zero-order valence-corrected chi connectivity index (χ0v) is 19.0. The van der Waals surface area contributed by atoms with Crippen molar-refractivity contribution >= 4 is 28.7 Å². The van der Waals surface area contributed by atoms with Crippen LogP contribution in [-0.4, -0.2) is 46.0 Å². The number of hydrogen-bond acceptors (Lipinski definition) is 4. The molecule has 176 valence electrons. The van der Waals surface area contributed by atoms with E-state index in [0.717, 1.165) is 23.9 Å². The highest BCUT2D eigenvalue weighted by Crippen LogP contribution is 2.34. The van der Waals surface area contributed by atoms with Crippen molar-refractivity contribution in [3.8, 4) is 0 Å². The van der Waals surface area contributed by atoms with Gasteiger partial charge in [-0.25, -0.2) is 9.18 Å². The Kier molecular flexibility index (Phi) is 5.34. The maximum atomic E-state index is 13.5. The summed E-state index contributed by atoms with van der Waals surface area (Å²) in [5.41, 5.74) is 1.63. The number of benzene rings is 2. The quantitative estimate of drug-likeness (QED) is 0.516. The first-order chi connectivity index (χ1) is 16.3. The van der Waals surface area contributed by atoms with Gasteiger partial charge in [0.15, 0.2) is 0 Å². The van der Waals surface area contributed by atoms with Crippen molar-refractivity contribution in [3.63, 3.8) is 0 Å². The molecule has 1 aromatic heterocycles. The molecule has 0 aliphatic carbocycles. The van der Waals surface area contributed by atoms with E-state index in [1.54, 1.807) is 30.3 Å². The molecule has 1 atom stereocenters. The monoisotopic (exact) mass is 463 g/mol. The Hall–Kier alpha value is -3.75. The number of piperidine rings is 1. The number of halogens is 1. The molecule has 9 heteroatoms. The second-order valence-corrected chi connectivity index (χ2v) is 9.31. The Labute approximate surface area is 195 Å². The van der Waals surface area contributed by atoms with E-state index in [9.17, 15) is 18.8 Å². The standard InChI is InChI=1S/C25H26FN5O3/c1-14(2)25(23(33)27-24(34)28-25)17-5-3-16(4-6-17)22(32)31-11-9-15(10-12-31)21-19-8-7-18(26)13-20(19)29-30-21/h3-8,13-15H,9-12H2,1-2H3,(H,29,30)(H2,27,28,33,34). The third-order valence-electron chi connectivity index (χ3n) is 7.09. The Morgan fingerprint density at radius 1 is 1.12 bits per heavy atom. The zero-order chi connectivity index (χ0) is 24.0. The number of fused-ring (bicyclic) bond motifs is 1. The Morgan fingerprint density at radius 2 is 1.82 bits per heavy atom. The van der Waals surface area contributed by atoms with Crippen LogP contribution in [0, 0.1) is 11.7 Å². The largest absolute Gasteiger partial charge is 0.339 e. The van der Waals surface area contributed by atoms with Gasteiger partial charge in [0.25, 0.3) is 11.8 Å². The van der Waals surface area contributed by atoms with Gasteiger partial charge in [-0.15, -0.1) is 0 Å². The van der Waals surface area contributed by atoms with Crippen LogP contribution in [-0.2, 0) is 10.3 Å². The predicted molar refractivity (Wildman–Crippen MR) is 124 cm³/mol. The number of nitrogens with zero attached hydrogens (tertiary/aromatic N) is 2. The van der Waals surface area contributed by atoms with Crippen LogP contribution in [0.15, 0.2) is 42.5 Å². The topological polar surface area (TPSA) is 107 Å². The highest BCUT2D eigenvalue weighted by atomic mass is 19.1. The SMILES string of the molecule is CC(C)C1(c2ccc(C(=O)N3CCC(c4[nH]nc5cc(F)ccc45)CC3)cc2)NC(=O)NC1=O. The van der Waals surface area contributed by atoms with Crippen molar-refractivity contribution in [1.82, 2.24) is 25.7 Å². The number of aromatic nitrogens is 2. The third-order valence-corrected chi connectivity index (χ3v) is 7.09. The summed E-state index contributed by atoms with van der Waals surface area (Å²) in [6.45, 7) is 4.93. The van der Waals surface area contributed by atoms with Gasteiger partial charge < -0.3 is 10.2 Å². The fraction of sp³-hybridized carbons (Fsp3) is 0.360. The number of amides is 4. The van der Waals surface area contributed by atoms with Crippen LogP contribution in [0.25, 0.3) is 10.9 Å². The number of carbonyl (C=O) groups excluding carboxylic acids is 3. The van der Waals surface area contributed by atoms with E-state index in [0.29, 0.717) is 29.7 Å². The number of rotatable bonds is 4. The van der Waals surface area contributed by atoms with E-state index in [2.05, 4.69) is 20.8 Å². The number of hydrogen-bond donors (Lipinski definition) is 3. The summed E-state index contributed by atoms with van der Waals surface area (Å²) in [6, 6.07) is 11.0. The number of nitrogens with one attached hydrogen (secondary N) is 3. The average Bonchev–Trinajstić information content (AvgIpc) is 3.38. The van der Waals surface area contributed by atoms with Crippen LogP contribution in [0.2, 0.25) is 0 Å². The molecule has 0 radical (unpaired) electrons. The van der Waals surface area contributed by atoms with Gasteiger partial charge in [-0.3, -0.25) is 20.0 Å². The molecule has 4 amide bonds. The Bertz CT molecular complexity index is 1280. The van der Waals surface area contributed by atoms with Crippen molar-refractivity contribution in [2.45, 2.75) is 38.1 Å². The van der Waals surface area contributed by atoms with Gasteiger partial charge in [0.1, 0.15) is 11.4 Å². The number of aromatic amines is 1. The lowest BCUT2D eigenvalue weighted by atomic mass is 9.79. The predicted octanol–water partition coefficient (Wildman–Crippen LogP) is 3.41. The summed E-state index contributed by atoms with van der Waals surface area (Å²) < 4.78 is 13.5. The molecule has 2 aliphatic rings. The second kappa shape index (κ2) is 8.23. The number of imide groups is 1. The third kappa shape index (κ3) is 3.52. The van der Waals surface area contributed by atoms with Gasteiger partial charge in [-0.1, -0.05) is 26.0 Å². The first kappa shape index (κ1) is 22.1. The van der Waals surface area contributed by atoms with Gasteiger partial charge in [0.05, 0.1) is 5.52 Å². The van der Waals surface area contributed by atoms with E-state index in [-0.39, 0.29) is 29.5 Å². The van der Waals surface area contributed by atoms with Gasteiger partial charge >= 0.3 is 6.03 Å². The van der Waals surface area contributed by atoms with E-state index >= 15 is 0 Å².